The van der Waals surface area contributed by atoms with Crippen molar-refractivity contribution in [1.82, 2.24) is 14.5 Å². The average Bonchev–Trinajstić information content (AvgIpc) is 2.93. The number of H-pyrrole nitrogens is 1. The highest BCUT2D eigenvalue weighted by Gasteiger charge is 2.13. The van der Waals surface area contributed by atoms with Crippen molar-refractivity contribution in [2.45, 2.75) is 19.4 Å². The first kappa shape index (κ1) is 11.5. The standard InChI is InChI=1S/C13H16FN3O/c14-10-3-4-12-11(9-10)15-13(18)17(12)8-7-16-5-1-2-6-16/h3-4,9H,1-2,5-8H2,(H,15,18). The van der Waals surface area contributed by atoms with Gasteiger partial charge in [-0.3, -0.25) is 4.57 Å². The van der Waals surface area contributed by atoms with Gasteiger partial charge in [-0.15, -0.1) is 0 Å². The van der Waals surface area contributed by atoms with Crippen molar-refractivity contribution < 1.29 is 4.39 Å². The molecule has 1 aliphatic rings. The molecule has 3 rings (SSSR count). The largest absolute Gasteiger partial charge is 0.326 e. The highest BCUT2D eigenvalue weighted by atomic mass is 19.1. The number of halogens is 1. The third-order valence-electron chi connectivity index (χ3n) is 3.57. The Morgan fingerprint density at radius 3 is 2.78 bits per heavy atom. The lowest BCUT2D eigenvalue weighted by atomic mass is 10.3. The van der Waals surface area contributed by atoms with Crippen LogP contribution in [0.5, 0.6) is 0 Å². The van der Waals surface area contributed by atoms with Gasteiger partial charge in [0.05, 0.1) is 11.0 Å². The highest BCUT2D eigenvalue weighted by Crippen LogP contribution is 2.12. The first-order valence-electron chi connectivity index (χ1n) is 6.34. The van der Waals surface area contributed by atoms with Gasteiger partial charge in [0, 0.05) is 13.1 Å². The van der Waals surface area contributed by atoms with E-state index in [4.69, 9.17) is 0 Å². The van der Waals surface area contributed by atoms with Crippen molar-refractivity contribution in [1.29, 1.82) is 0 Å². The zero-order valence-corrected chi connectivity index (χ0v) is 10.2. The normalized spacial score (nSPS) is 16.7. The number of likely N-dealkylation sites (tertiary alicyclic amines) is 1. The van der Waals surface area contributed by atoms with Gasteiger partial charge in [0.1, 0.15) is 5.82 Å². The van der Waals surface area contributed by atoms with Crippen molar-refractivity contribution >= 4 is 11.0 Å². The molecule has 2 heterocycles. The van der Waals surface area contributed by atoms with Crippen LogP contribution in [0.15, 0.2) is 23.0 Å². The molecule has 0 unspecified atom stereocenters. The molecule has 0 radical (unpaired) electrons. The van der Waals surface area contributed by atoms with E-state index in [-0.39, 0.29) is 11.5 Å². The molecule has 1 aliphatic heterocycles. The number of fused-ring (bicyclic) bond motifs is 1. The fourth-order valence-electron chi connectivity index (χ4n) is 2.61. The minimum Gasteiger partial charge on any atom is -0.305 e. The molecule has 2 aromatic rings. The lowest BCUT2D eigenvalue weighted by Gasteiger charge is -2.14. The summed E-state index contributed by atoms with van der Waals surface area (Å²) in [6.45, 7) is 3.77. The average molecular weight is 249 g/mol. The van der Waals surface area contributed by atoms with Gasteiger partial charge >= 0.3 is 5.69 Å². The van der Waals surface area contributed by atoms with Crippen LogP contribution in [0.4, 0.5) is 4.39 Å². The van der Waals surface area contributed by atoms with Gasteiger partial charge in [0.15, 0.2) is 0 Å². The fraction of sp³-hybridized carbons (Fsp3) is 0.462. The summed E-state index contributed by atoms with van der Waals surface area (Å²) in [6, 6.07) is 4.41. The van der Waals surface area contributed by atoms with Gasteiger partial charge in [-0.1, -0.05) is 0 Å². The van der Waals surface area contributed by atoms with Crippen LogP contribution < -0.4 is 5.69 Å². The molecule has 1 aromatic heterocycles. The molecule has 18 heavy (non-hydrogen) atoms. The van der Waals surface area contributed by atoms with Gasteiger partial charge in [-0.05, 0) is 44.1 Å². The van der Waals surface area contributed by atoms with Crippen LogP contribution in [-0.2, 0) is 6.54 Å². The van der Waals surface area contributed by atoms with E-state index in [9.17, 15) is 9.18 Å². The Kier molecular flexibility index (Phi) is 2.91. The minimum absolute atomic E-state index is 0.158. The molecule has 4 nitrogen and oxygen atoms in total. The van der Waals surface area contributed by atoms with Gasteiger partial charge < -0.3 is 9.88 Å². The fourth-order valence-corrected chi connectivity index (χ4v) is 2.61. The van der Waals surface area contributed by atoms with E-state index < -0.39 is 0 Å². The first-order valence-corrected chi connectivity index (χ1v) is 6.34. The number of imidazole rings is 1. The SMILES string of the molecule is O=c1[nH]c2cc(F)ccc2n1CCN1CCCC1. The predicted molar refractivity (Wildman–Crippen MR) is 68.2 cm³/mol. The van der Waals surface area contributed by atoms with Gasteiger partial charge in [0.2, 0.25) is 0 Å². The Bertz CT molecular complexity index is 610. The summed E-state index contributed by atoms with van der Waals surface area (Å²) in [5, 5.41) is 0. The van der Waals surface area contributed by atoms with E-state index in [2.05, 4.69) is 9.88 Å². The van der Waals surface area contributed by atoms with Crippen molar-refractivity contribution in [2.75, 3.05) is 19.6 Å². The number of nitrogens with one attached hydrogen (secondary N) is 1. The van der Waals surface area contributed by atoms with Gasteiger partial charge in [-0.25, -0.2) is 9.18 Å². The van der Waals surface area contributed by atoms with Crippen LogP contribution >= 0.6 is 0 Å². The molecule has 0 atom stereocenters. The van der Waals surface area contributed by atoms with E-state index in [1.54, 1.807) is 10.6 Å². The van der Waals surface area contributed by atoms with E-state index in [1.165, 1.54) is 25.0 Å². The number of nitrogens with zero attached hydrogens (tertiary/aromatic N) is 2. The van der Waals surface area contributed by atoms with E-state index in [0.29, 0.717) is 12.1 Å². The summed E-state index contributed by atoms with van der Waals surface area (Å²) in [6.07, 6.45) is 2.49. The minimum atomic E-state index is -0.324. The quantitative estimate of drug-likeness (QED) is 0.897. The van der Waals surface area contributed by atoms with Crippen LogP contribution in [0.3, 0.4) is 0 Å². The maximum absolute atomic E-state index is 13.1. The third-order valence-corrected chi connectivity index (χ3v) is 3.57. The third kappa shape index (κ3) is 2.06. The summed E-state index contributed by atoms with van der Waals surface area (Å²) in [5.74, 6) is -0.324. The van der Waals surface area contributed by atoms with Gasteiger partial charge in [-0.2, -0.15) is 0 Å². The molecule has 1 aromatic carbocycles. The number of aromatic amines is 1. The summed E-state index contributed by atoms with van der Waals surface area (Å²) in [5.41, 5.74) is 1.19. The topological polar surface area (TPSA) is 41.0 Å². The van der Waals surface area contributed by atoms with Crippen LogP contribution in [0, 0.1) is 5.82 Å². The van der Waals surface area contributed by atoms with Crippen LogP contribution in [0.1, 0.15) is 12.8 Å². The second-order valence-corrected chi connectivity index (χ2v) is 4.79. The summed E-state index contributed by atoms with van der Waals surface area (Å²) < 4.78 is 14.8. The van der Waals surface area contributed by atoms with Crippen molar-refractivity contribution in [3.63, 3.8) is 0 Å². The van der Waals surface area contributed by atoms with E-state index in [1.807, 2.05) is 0 Å². The Morgan fingerprint density at radius 2 is 2.00 bits per heavy atom. The highest BCUT2D eigenvalue weighted by molar-refractivity contribution is 5.75. The lowest BCUT2D eigenvalue weighted by molar-refractivity contribution is 0.322. The van der Waals surface area contributed by atoms with E-state index >= 15 is 0 Å². The molecule has 96 valence electrons. The number of aromatic nitrogens is 2. The molecule has 0 amide bonds. The predicted octanol–water partition coefficient (Wildman–Crippen LogP) is 1.56. The molecular formula is C13H16FN3O. The number of hydrogen-bond acceptors (Lipinski definition) is 2. The molecular weight excluding hydrogens is 233 g/mol. The molecule has 0 bridgehead atoms. The maximum atomic E-state index is 13.1. The van der Waals surface area contributed by atoms with Crippen molar-refractivity contribution in [2.24, 2.45) is 0 Å². The second kappa shape index (κ2) is 4.57. The van der Waals surface area contributed by atoms with Crippen LogP contribution in [-0.4, -0.2) is 34.1 Å². The summed E-state index contributed by atoms with van der Waals surface area (Å²) in [7, 11) is 0. The molecule has 1 fully saturated rings. The second-order valence-electron chi connectivity index (χ2n) is 4.79. The molecule has 0 spiro atoms. The van der Waals surface area contributed by atoms with Crippen LogP contribution in [0.2, 0.25) is 0 Å². The molecule has 5 heteroatoms. The summed E-state index contributed by atoms with van der Waals surface area (Å²) in [4.78, 5) is 16.9. The Hall–Kier alpha value is -1.62. The Morgan fingerprint density at radius 1 is 1.22 bits per heavy atom. The molecule has 1 saturated heterocycles. The number of benzene rings is 1. The van der Waals surface area contributed by atoms with Crippen LogP contribution in [0.25, 0.3) is 11.0 Å². The maximum Gasteiger partial charge on any atom is 0.326 e. The molecule has 0 saturated carbocycles. The van der Waals surface area contributed by atoms with Gasteiger partial charge in [0.25, 0.3) is 0 Å². The van der Waals surface area contributed by atoms with Crippen molar-refractivity contribution in [3.05, 3.63) is 34.5 Å². The molecule has 1 N–H and O–H groups in total. The Balaban J connectivity index is 1.86. The lowest BCUT2D eigenvalue weighted by Crippen LogP contribution is -2.28. The number of rotatable bonds is 3. The zero-order chi connectivity index (χ0) is 12.5. The smallest absolute Gasteiger partial charge is 0.305 e. The summed E-state index contributed by atoms with van der Waals surface area (Å²) >= 11 is 0. The van der Waals surface area contributed by atoms with E-state index in [0.717, 1.165) is 25.2 Å². The Labute approximate surface area is 104 Å². The monoisotopic (exact) mass is 249 g/mol. The first-order chi connectivity index (χ1) is 8.74. The molecule has 0 aliphatic carbocycles. The number of hydrogen-bond donors (Lipinski definition) is 1. The zero-order valence-electron chi connectivity index (χ0n) is 10.2. The van der Waals surface area contributed by atoms with Crippen molar-refractivity contribution in [3.8, 4) is 0 Å².